The molecule has 0 unspecified atom stereocenters. The Bertz CT molecular complexity index is 194. The molecule has 0 bridgehead atoms. The van der Waals surface area contributed by atoms with Gasteiger partial charge < -0.3 is 5.32 Å². The molecule has 0 aromatic carbocycles. The van der Waals surface area contributed by atoms with Gasteiger partial charge in [0.25, 0.3) is 0 Å². The van der Waals surface area contributed by atoms with E-state index in [1.54, 1.807) is 24.7 Å². The van der Waals surface area contributed by atoms with Crippen LogP contribution in [0.25, 0.3) is 0 Å². The summed E-state index contributed by atoms with van der Waals surface area (Å²) in [5.41, 5.74) is 0. The molecule has 0 rings (SSSR count). The van der Waals surface area contributed by atoms with Gasteiger partial charge in [-0.05, 0) is 19.2 Å². The van der Waals surface area contributed by atoms with Crippen LogP contribution in [-0.4, -0.2) is 10.1 Å². The second kappa shape index (κ2) is 7.46. The van der Waals surface area contributed by atoms with Crippen molar-refractivity contribution in [2.24, 2.45) is 4.99 Å². The molecule has 0 atom stereocenters. The van der Waals surface area contributed by atoms with Crippen LogP contribution in [0.5, 0.6) is 0 Å². The molecule has 2 N–H and O–H groups in total. The molecule has 0 fully saturated rings. The summed E-state index contributed by atoms with van der Waals surface area (Å²) in [6.07, 6.45) is 8.73. The fourth-order valence-corrected chi connectivity index (χ4v) is 0.520. The highest BCUT2D eigenvalue weighted by molar-refractivity contribution is 14.1. The van der Waals surface area contributed by atoms with Crippen LogP contribution >= 0.6 is 22.6 Å². The van der Waals surface area contributed by atoms with Crippen molar-refractivity contribution in [1.82, 2.24) is 5.32 Å². The Labute approximate surface area is 79.9 Å². The number of nitrogens with zero attached hydrogens (tertiary/aromatic N) is 1. The number of halogens is 1. The van der Waals surface area contributed by atoms with Gasteiger partial charge >= 0.3 is 0 Å². The zero-order valence-corrected chi connectivity index (χ0v) is 8.37. The van der Waals surface area contributed by atoms with Gasteiger partial charge in [-0.25, -0.2) is 4.99 Å². The highest BCUT2D eigenvalue weighted by Gasteiger charge is 1.73. The quantitative estimate of drug-likeness (QED) is 0.348. The first-order chi connectivity index (χ1) is 5.27. The third kappa shape index (κ3) is 9.35. The summed E-state index contributed by atoms with van der Waals surface area (Å²) in [4.78, 5) is 3.72. The van der Waals surface area contributed by atoms with E-state index >= 15 is 0 Å². The van der Waals surface area contributed by atoms with Crippen LogP contribution < -0.4 is 5.32 Å². The number of hydrogen-bond donors (Lipinski definition) is 2. The van der Waals surface area contributed by atoms with Gasteiger partial charge in [-0.2, -0.15) is 0 Å². The maximum absolute atomic E-state index is 6.93. The Morgan fingerprint density at radius 1 is 1.55 bits per heavy atom. The first kappa shape index (κ1) is 10.3. The average Bonchev–Trinajstić information content (AvgIpc) is 1.96. The lowest BCUT2D eigenvalue weighted by atomic mass is 10.6. The molecule has 0 aromatic heterocycles. The number of aliphatic imine (C=N–C) groups is 1. The largest absolute Gasteiger partial charge is 0.368 e. The molecule has 4 heteroatoms. The van der Waals surface area contributed by atoms with E-state index < -0.39 is 0 Å². The van der Waals surface area contributed by atoms with Crippen LogP contribution in [0.4, 0.5) is 0 Å². The predicted molar refractivity (Wildman–Crippen MR) is 57.3 cm³/mol. The first-order valence-electron chi connectivity index (χ1n) is 3.08. The van der Waals surface area contributed by atoms with E-state index in [1.165, 1.54) is 0 Å². The van der Waals surface area contributed by atoms with Crippen molar-refractivity contribution in [3.63, 3.8) is 0 Å². The van der Waals surface area contributed by atoms with Crippen LogP contribution in [0.3, 0.4) is 0 Å². The molecule has 0 aliphatic heterocycles. The van der Waals surface area contributed by atoms with Gasteiger partial charge in [0.05, 0.1) is 0 Å². The lowest BCUT2D eigenvalue weighted by Gasteiger charge is -1.83. The van der Waals surface area contributed by atoms with Crippen molar-refractivity contribution in [3.05, 3.63) is 24.6 Å². The van der Waals surface area contributed by atoms with Crippen molar-refractivity contribution >= 4 is 32.6 Å². The van der Waals surface area contributed by atoms with Crippen LogP contribution in [0, 0.1) is 5.41 Å². The van der Waals surface area contributed by atoms with Gasteiger partial charge in [0, 0.05) is 35.0 Å². The molecular formula is C7H10IN3. The molecule has 0 aliphatic carbocycles. The molecule has 0 amide bonds. The van der Waals surface area contributed by atoms with Gasteiger partial charge in [0.2, 0.25) is 0 Å². The predicted octanol–water partition coefficient (Wildman–Crippen LogP) is 2.06. The molecule has 0 aliphatic rings. The van der Waals surface area contributed by atoms with E-state index in [0.717, 1.165) is 0 Å². The summed E-state index contributed by atoms with van der Waals surface area (Å²) >= 11 is 1.83. The molecule has 60 valence electrons. The van der Waals surface area contributed by atoms with Crippen molar-refractivity contribution < 1.29 is 0 Å². The van der Waals surface area contributed by atoms with E-state index in [0.29, 0.717) is 0 Å². The zero-order chi connectivity index (χ0) is 8.53. The second-order valence-electron chi connectivity index (χ2n) is 1.59. The first-order valence-corrected chi connectivity index (χ1v) is 4.15. The lowest BCUT2D eigenvalue weighted by molar-refractivity contribution is 1.19. The Hall–Kier alpha value is -0.650. The summed E-state index contributed by atoms with van der Waals surface area (Å²) in [6.45, 7) is 1.93. The van der Waals surface area contributed by atoms with Crippen molar-refractivity contribution in [3.8, 4) is 0 Å². The van der Waals surface area contributed by atoms with Crippen LogP contribution in [0.15, 0.2) is 29.5 Å². The number of hydrogen-bond acceptors (Lipinski definition) is 2. The Balaban J connectivity index is 3.52. The standard InChI is InChI=1S/C7H10IN3/c1-2-4-10-5-3-6-11-7(8)9/h2-6,9-10H,1H3/b4-2-,5-3-,9-7?,11-6-. The van der Waals surface area contributed by atoms with E-state index in [2.05, 4.69) is 10.3 Å². The second-order valence-corrected chi connectivity index (χ2v) is 2.62. The Morgan fingerprint density at radius 3 is 2.82 bits per heavy atom. The number of rotatable bonds is 3. The fraction of sp³-hybridized carbons (Fsp3) is 0.143. The molecule has 0 heterocycles. The summed E-state index contributed by atoms with van der Waals surface area (Å²) in [5.74, 6) is 0. The minimum atomic E-state index is 0.276. The minimum Gasteiger partial charge on any atom is -0.368 e. The summed E-state index contributed by atoms with van der Waals surface area (Å²) in [5, 5.41) is 9.81. The molecular weight excluding hydrogens is 253 g/mol. The van der Waals surface area contributed by atoms with Gasteiger partial charge in [-0.15, -0.1) is 0 Å². The summed E-state index contributed by atoms with van der Waals surface area (Å²) in [6, 6.07) is 0. The molecule has 0 saturated carbocycles. The molecule has 11 heavy (non-hydrogen) atoms. The highest BCUT2D eigenvalue weighted by atomic mass is 127. The van der Waals surface area contributed by atoms with E-state index in [1.807, 2.05) is 35.6 Å². The SMILES string of the molecule is C/C=C\N/C=C\C=N/C(=N)I. The van der Waals surface area contributed by atoms with Crippen LogP contribution in [0.1, 0.15) is 6.92 Å². The summed E-state index contributed by atoms with van der Waals surface area (Å²) < 4.78 is 0.276. The monoisotopic (exact) mass is 263 g/mol. The zero-order valence-electron chi connectivity index (χ0n) is 6.21. The molecule has 0 aromatic rings. The summed E-state index contributed by atoms with van der Waals surface area (Å²) in [7, 11) is 0. The lowest BCUT2D eigenvalue weighted by Crippen LogP contribution is -1.90. The maximum Gasteiger partial charge on any atom is 0.183 e. The number of nitrogens with one attached hydrogen (secondary N) is 2. The number of allylic oxidation sites excluding steroid dienone is 2. The van der Waals surface area contributed by atoms with Gasteiger partial charge in [-0.1, -0.05) is 6.08 Å². The molecule has 0 saturated heterocycles. The normalized spacial score (nSPS) is 11.8. The fourth-order valence-electron chi connectivity index (χ4n) is 0.359. The highest BCUT2D eigenvalue weighted by Crippen LogP contribution is 1.84. The van der Waals surface area contributed by atoms with Crippen LogP contribution in [-0.2, 0) is 0 Å². The van der Waals surface area contributed by atoms with Crippen molar-refractivity contribution in [2.75, 3.05) is 0 Å². The van der Waals surface area contributed by atoms with Crippen LogP contribution in [0.2, 0.25) is 0 Å². The Kier molecular flexibility index (Phi) is 7.02. The topological polar surface area (TPSA) is 48.2 Å². The maximum atomic E-state index is 6.93. The average molecular weight is 263 g/mol. The smallest absolute Gasteiger partial charge is 0.183 e. The van der Waals surface area contributed by atoms with E-state index in [-0.39, 0.29) is 3.84 Å². The van der Waals surface area contributed by atoms with Gasteiger partial charge in [-0.3, -0.25) is 5.41 Å². The molecule has 0 radical (unpaired) electrons. The van der Waals surface area contributed by atoms with Crippen molar-refractivity contribution in [1.29, 1.82) is 5.41 Å². The minimum absolute atomic E-state index is 0.276. The number of amidine groups is 1. The van der Waals surface area contributed by atoms with E-state index in [4.69, 9.17) is 5.41 Å². The Morgan fingerprint density at radius 2 is 2.27 bits per heavy atom. The van der Waals surface area contributed by atoms with Gasteiger partial charge in [0.15, 0.2) is 3.84 Å². The van der Waals surface area contributed by atoms with E-state index in [9.17, 15) is 0 Å². The third-order valence-corrected chi connectivity index (χ3v) is 1.01. The third-order valence-electron chi connectivity index (χ3n) is 0.729. The van der Waals surface area contributed by atoms with Gasteiger partial charge in [0.1, 0.15) is 0 Å². The molecule has 0 spiro atoms. The molecule has 3 nitrogen and oxygen atoms in total. The van der Waals surface area contributed by atoms with Crippen molar-refractivity contribution in [2.45, 2.75) is 6.92 Å².